The van der Waals surface area contributed by atoms with Gasteiger partial charge in [-0.3, -0.25) is 15.0 Å². The third kappa shape index (κ3) is 6.71. The van der Waals surface area contributed by atoms with E-state index in [2.05, 4.69) is 41.3 Å². The van der Waals surface area contributed by atoms with Crippen molar-refractivity contribution in [3.8, 4) is 0 Å². The fourth-order valence-corrected chi connectivity index (χ4v) is 10.5. The lowest BCUT2D eigenvalue weighted by molar-refractivity contribution is -0.141. The molecular formula is C36H59F2N7O5. The van der Waals surface area contributed by atoms with Crippen molar-refractivity contribution in [3.05, 3.63) is 12.7 Å². The van der Waals surface area contributed by atoms with Crippen LogP contribution in [-0.4, -0.2) is 158 Å². The second-order valence-electron chi connectivity index (χ2n) is 16.5. The normalized spacial score (nSPS) is 45.5. The zero-order chi connectivity index (χ0) is 35.4. The molecule has 14 unspecified atom stereocenters. The van der Waals surface area contributed by atoms with Crippen LogP contribution in [0, 0.1) is 23.7 Å². The molecule has 0 spiro atoms. The maximum Gasteiger partial charge on any atom is 0.320 e. The van der Waals surface area contributed by atoms with Crippen LogP contribution in [0.2, 0.25) is 0 Å². The summed E-state index contributed by atoms with van der Waals surface area (Å²) in [6.45, 7) is 13.1. The van der Waals surface area contributed by atoms with Crippen LogP contribution in [0.5, 0.6) is 0 Å². The number of halogens is 2. The number of nitrogens with zero attached hydrogens (tertiary/aromatic N) is 4. The summed E-state index contributed by atoms with van der Waals surface area (Å²) in [4.78, 5) is 35.3. The van der Waals surface area contributed by atoms with Crippen LogP contribution in [0.3, 0.4) is 0 Å². The monoisotopic (exact) mass is 707 g/mol. The SMILES string of the molecule is C=CC(=O)N1CCN(C2NC(=O)N3C4NC(C(F)CC42)C2C(F)CCCC2OCC2OC(CN(C)C)OC2C2CCNC(C(C)C)C23)[C@@H](C)C1. The second-order valence-corrected chi connectivity index (χ2v) is 16.5. The third-order valence-electron chi connectivity index (χ3n) is 12.7. The van der Waals surface area contributed by atoms with E-state index in [4.69, 9.17) is 14.2 Å². The summed E-state index contributed by atoms with van der Waals surface area (Å²) in [6.07, 6.45) is -1.32. The Kier molecular flexibility index (Phi) is 10.8. The first kappa shape index (κ1) is 36.4. The molecule has 0 aromatic heterocycles. The lowest BCUT2D eigenvalue weighted by Gasteiger charge is -2.60. The highest BCUT2D eigenvalue weighted by Gasteiger charge is 2.60. The number of piperazine rings is 1. The Hall–Kier alpha value is -1.94. The molecule has 0 radical (unpaired) electrons. The van der Waals surface area contributed by atoms with E-state index in [1.807, 2.05) is 30.8 Å². The Morgan fingerprint density at radius 3 is 2.60 bits per heavy atom. The van der Waals surface area contributed by atoms with Crippen molar-refractivity contribution in [1.82, 2.24) is 35.6 Å². The van der Waals surface area contributed by atoms with Gasteiger partial charge in [-0.15, -0.1) is 0 Å². The lowest BCUT2D eigenvalue weighted by Crippen LogP contribution is -2.80. The molecule has 14 heteroatoms. The standard InChI is InChI=1S/C36H59F2N7O5/c1-7-27(46)43-13-14-44(20(4)16-43)34-22-15-24(38)31-29-23(37)9-8-10-25(29)48-18-26-33(50-28(49-26)17-42(5)6)21-11-12-39-30(19(2)3)32(21)45(35(22)40-31)36(47)41-34/h7,19-26,28-35,39-40H,1,8-18H2,2-6H3,(H,41,47)/t20-,21?,22?,23?,24?,25?,26?,28?,29?,30?,31?,32?,33?,34?,35?/m0/s1. The maximum atomic E-state index is 16.8. The van der Waals surface area contributed by atoms with Gasteiger partial charge in [-0.25, -0.2) is 13.6 Å². The number of rotatable bonds is 5. The van der Waals surface area contributed by atoms with Gasteiger partial charge in [0.15, 0.2) is 6.29 Å². The number of carbonyl (C=O) groups is 2. The Labute approximate surface area is 295 Å². The van der Waals surface area contributed by atoms with Gasteiger partial charge in [0.1, 0.15) is 18.4 Å². The van der Waals surface area contributed by atoms with Gasteiger partial charge in [0.05, 0.1) is 37.2 Å². The number of urea groups is 1. The van der Waals surface area contributed by atoms with Gasteiger partial charge in [-0.05, 0) is 71.7 Å². The molecular weight excluding hydrogens is 648 g/mol. The molecule has 2 bridgehead atoms. The Morgan fingerprint density at radius 1 is 1.08 bits per heavy atom. The van der Waals surface area contributed by atoms with Crippen molar-refractivity contribution in [3.63, 3.8) is 0 Å². The number of likely N-dealkylation sites (N-methyl/N-ethyl adjacent to an activating group) is 1. The average Bonchev–Trinajstić information content (AvgIpc) is 3.47. The van der Waals surface area contributed by atoms with Crippen molar-refractivity contribution < 1.29 is 32.6 Å². The van der Waals surface area contributed by atoms with Crippen molar-refractivity contribution in [2.75, 3.05) is 53.4 Å². The first-order valence-corrected chi connectivity index (χ1v) is 19.1. The van der Waals surface area contributed by atoms with Gasteiger partial charge in [-0.1, -0.05) is 20.4 Å². The Morgan fingerprint density at radius 2 is 1.88 bits per heavy atom. The van der Waals surface area contributed by atoms with Gasteiger partial charge in [0.2, 0.25) is 5.91 Å². The van der Waals surface area contributed by atoms with Gasteiger partial charge >= 0.3 is 6.03 Å². The predicted octanol–water partition coefficient (Wildman–Crippen LogP) is 1.91. The number of carbonyl (C=O) groups excluding carboxylic acids is 2. The molecule has 6 aliphatic heterocycles. The van der Waals surface area contributed by atoms with Crippen LogP contribution in [-0.2, 0) is 19.0 Å². The lowest BCUT2D eigenvalue weighted by atomic mass is 9.71. The van der Waals surface area contributed by atoms with Crippen LogP contribution >= 0.6 is 0 Å². The van der Waals surface area contributed by atoms with Gasteiger partial charge < -0.3 is 39.5 Å². The molecule has 3 amide bonds. The highest BCUT2D eigenvalue weighted by molar-refractivity contribution is 5.87. The first-order valence-electron chi connectivity index (χ1n) is 19.1. The molecule has 6 saturated heterocycles. The number of hydrogen-bond donors (Lipinski definition) is 3. The molecule has 7 aliphatic rings. The van der Waals surface area contributed by atoms with Crippen molar-refractivity contribution >= 4 is 11.9 Å². The number of amides is 3. The molecule has 7 fully saturated rings. The van der Waals surface area contributed by atoms with Crippen molar-refractivity contribution in [2.24, 2.45) is 23.7 Å². The zero-order valence-electron chi connectivity index (χ0n) is 30.4. The largest absolute Gasteiger partial charge is 0.375 e. The molecule has 1 saturated carbocycles. The molecule has 282 valence electrons. The zero-order valence-corrected chi connectivity index (χ0v) is 30.4. The quantitative estimate of drug-likeness (QED) is 0.370. The van der Waals surface area contributed by atoms with Crippen LogP contribution in [0.25, 0.3) is 0 Å². The third-order valence-corrected chi connectivity index (χ3v) is 12.7. The Balaban J connectivity index is 1.30. The fraction of sp³-hybridized carbons (Fsp3) is 0.889. The van der Waals surface area contributed by atoms with Gasteiger partial charge in [-0.2, -0.15) is 0 Å². The smallest absolute Gasteiger partial charge is 0.320 e. The fourth-order valence-electron chi connectivity index (χ4n) is 10.5. The second kappa shape index (κ2) is 14.8. The average molecular weight is 708 g/mol. The summed E-state index contributed by atoms with van der Waals surface area (Å²) in [6, 6.07) is -1.48. The highest BCUT2D eigenvalue weighted by Crippen LogP contribution is 2.45. The molecule has 7 rings (SSSR count). The van der Waals surface area contributed by atoms with Gasteiger partial charge in [0, 0.05) is 62.1 Å². The molecule has 12 nitrogen and oxygen atoms in total. The maximum absolute atomic E-state index is 16.8. The van der Waals surface area contributed by atoms with E-state index in [1.165, 1.54) is 6.08 Å². The van der Waals surface area contributed by atoms with E-state index in [-0.39, 0.29) is 66.9 Å². The van der Waals surface area contributed by atoms with Crippen molar-refractivity contribution in [2.45, 2.75) is 126 Å². The molecule has 6 heterocycles. The number of nitrogens with one attached hydrogen (secondary N) is 3. The minimum atomic E-state index is -1.34. The summed E-state index contributed by atoms with van der Waals surface area (Å²) in [5.74, 6) is -1.06. The highest BCUT2D eigenvalue weighted by atomic mass is 19.1. The predicted molar refractivity (Wildman–Crippen MR) is 183 cm³/mol. The van der Waals surface area contributed by atoms with Crippen LogP contribution in [0.15, 0.2) is 12.7 Å². The minimum absolute atomic E-state index is 0.0650. The van der Waals surface area contributed by atoms with Crippen LogP contribution < -0.4 is 16.0 Å². The number of alkyl halides is 2. The number of hydrogen-bond acceptors (Lipinski definition) is 9. The minimum Gasteiger partial charge on any atom is -0.375 e. The molecule has 50 heavy (non-hydrogen) atoms. The van der Waals surface area contributed by atoms with Crippen LogP contribution in [0.4, 0.5) is 13.6 Å². The number of fused-ring (bicyclic) bond motifs is 7. The number of piperidine rings is 2. The molecule has 0 aromatic carbocycles. The summed E-state index contributed by atoms with van der Waals surface area (Å²) in [5, 5.41) is 10.8. The van der Waals surface area contributed by atoms with E-state index in [1.54, 1.807) is 4.90 Å². The molecule has 3 N–H and O–H groups in total. The topological polar surface area (TPSA) is 111 Å². The molecule has 0 aromatic rings. The van der Waals surface area contributed by atoms with E-state index >= 15 is 8.78 Å². The summed E-state index contributed by atoms with van der Waals surface area (Å²) < 4.78 is 52.9. The van der Waals surface area contributed by atoms with E-state index in [0.29, 0.717) is 45.4 Å². The van der Waals surface area contributed by atoms with E-state index in [9.17, 15) is 9.59 Å². The molecule has 15 atom stereocenters. The first-order chi connectivity index (χ1) is 24.0. The summed E-state index contributed by atoms with van der Waals surface area (Å²) in [5.41, 5.74) is 0. The van der Waals surface area contributed by atoms with Crippen molar-refractivity contribution in [1.29, 1.82) is 0 Å². The van der Waals surface area contributed by atoms with Crippen LogP contribution in [0.1, 0.15) is 52.9 Å². The molecule has 1 aliphatic carbocycles. The Bertz CT molecular complexity index is 1250. The summed E-state index contributed by atoms with van der Waals surface area (Å²) >= 11 is 0. The van der Waals surface area contributed by atoms with E-state index < -0.39 is 55.1 Å². The van der Waals surface area contributed by atoms with E-state index in [0.717, 1.165) is 13.0 Å². The number of ether oxygens (including phenoxy) is 3. The summed E-state index contributed by atoms with van der Waals surface area (Å²) in [7, 11) is 3.96. The van der Waals surface area contributed by atoms with Gasteiger partial charge in [0.25, 0.3) is 0 Å².